The van der Waals surface area contributed by atoms with Crippen molar-refractivity contribution >= 4 is 11.0 Å². The largest absolute Gasteiger partial charge is 0.497 e. The average molecular weight is 351 g/mol. The number of aromatic nitrogens is 2. The van der Waals surface area contributed by atoms with Crippen LogP contribution in [0.25, 0.3) is 11.0 Å². The van der Waals surface area contributed by atoms with E-state index in [1.807, 2.05) is 12.1 Å². The van der Waals surface area contributed by atoms with E-state index in [0.717, 1.165) is 49.7 Å². The Morgan fingerprint density at radius 1 is 1.04 bits per heavy atom. The molecule has 4 nitrogen and oxygen atoms in total. The predicted octanol–water partition coefficient (Wildman–Crippen LogP) is 4.29. The lowest BCUT2D eigenvalue weighted by atomic mass is 10.1. The summed E-state index contributed by atoms with van der Waals surface area (Å²) in [4.78, 5) is 7.41. The van der Waals surface area contributed by atoms with Gasteiger partial charge < -0.3 is 14.2 Å². The Kier molecular flexibility index (Phi) is 5.94. The van der Waals surface area contributed by atoms with Crippen LogP contribution in [0.2, 0.25) is 0 Å². The first-order chi connectivity index (χ1) is 12.6. The van der Waals surface area contributed by atoms with Gasteiger partial charge in [0.15, 0.2) is 0 Å². The number of likely N-dealkylation sites (N-methyl/N-ethyl adjacent to an activating group) is 1. The highest BCUT2D eigenvalue weighted by atomic mass is 16.5. The molecule has 26 heavy (non-hydrogen) atoms. The van der Waals surface area contributed by atoms with E-state index < -0.39 is 0 Å². The maximum atomic E-state index is 5.27. The van der Waals surface area contributed by atoms with Crippen LogP contribution in [0, 0.1) is 6.92 Å². The van der Waals surface area contributed by atoms with Gasteiger partial charge in [-0.15, -0.1) is 0 Å². The predicted molar refractivity (Wildman–Crippen MR) is 108 cm³/mol. The van der Waals surface area contributed by atoms with Crippen LogP contribution in [0.15, 0.2) is 42.5 Å². The summed E-state index contributed by atoms with van der Waals surface area (Å²) in [6.07, 6.45) is 0.829. The third-order valence-electron chi connectivity index (χ3n) is 5.04. The van der Waals surface area contributed by atoms with Crippen LogP contribution in [0.4, 0.5) is 0 Å². The monoisotopic (exact) mass is 351 g/mol. The molecule has 0 saturated heterocycles. The fraction of sp³-hybridized carbons (Fsp3) is 0.409. The van der Waals surface area contributed by atoms with Crippen LogP contribution in [-0.4, -0.2) is 41.2 Å². The number of benzene rings is 2. The maximum Gasteiger partial charge on any atom is 0.118 e. The number of aryl methyl sites for hydroxylation is 1. The standard InChI is InChI=1S/C22H29N3O/c1-5-24(6-2)13-14-25-21-12-7-17(3)15-20(21)23-22(25)16-18-8-10-19(26-4)11-9-18/h7-12,15H,5-6,13-14,16H2,1-4H3. The van der Waals surface area contributed by atoms with E-state index in [2.05, 4.69) is 60.6 Å². The van der Waals surface area contributed by atoms with Gasteiger partial charge in [-0.1, -0.05) is 32.0 Å². The maximum absolute atomic E-state index is 5.27. The Bertz CT molecular complexity index is 848. The molecule has 138 valence electrons. The lowest BCUT2D eigenvalue weighted by molar-refractivity contribution is 0.291. The molecule has 0 unspecified atom stereocenters. The zero-order chi connectivity index (χ0) is 18.5. The van der Waals surface area contributed by atoms with Gasteiger partial charge in [0, 0.05) is 19.5 Å². The van der Waals surface area contributed by atoms with Gasteiger partial charge in [-0.05, 0) is 55.4 Å². The Hall–Kier alpha value is -2.33. The number of fused-ring (bicyclic) bond motifs is 1. The Morgan fingerprint density at radius 2 is 1.77 bits per heavy atom. The van der Waals surface area contributed by atoms with Gasteiger partial charge in [0.05, 0.1) is 18.1 Å². The van der Waals surface area contributed by atoms with Gasteiger partial charge >= 0.3 is 0 Å². The third-order valence-corrected chi connectivity index (χ3v) is 5.04. The number of methoxy groups -OCH3 is 1. The summed E-state index contributed by atoms with van der Waals surface area (Å²) >= 11 is 0. The summed E-state index contributed by atoms with van der Waals surface area (Å²) in [5, 5.41) is 0. The highest BCUT2D eigenvalue weighted by Gasteiger charge is 2.12. The molecular weight excluding hydrogens is 322 g/mol. The normalized spacial score (nSPS) is 11.4. The van der Waals surface area contributed by atoms with Gasteiger partial charge in [-0.2, -0.15) is 0 Å². The lowest BCUT2D eigenvalue weighted by Crippen LogP contribution is -2.27. The summed E-state index contributed by atoms with van der Waals surface area (Å²) in [6.45, 7) is 10.7. The van der Waals surface area contributed by atoms with Crippen LogP contribution in [0.3, 0.4) is 0 Å². The van der Waals surface area contributed by atoms with Crippen molar-refractivity contribution in [3.8, 4) is 5.75 Å². The van der Waals surface area contributed by atoms with Gasteiger partial charge in [0.2, 0.25) is 0 Å². The average Bonchev–Trinajstić information content (AvgIpc) is 2.99. The molecule has 2 aromatic carbocycles. The van der Waals surface area contributed by atoms with Crippen molar-refractivity contribution in [1.82, 2.24) is 14.5 Å². The van der Waals surface area contributed by atoms with Crippen molar-refractivity contribution in [3.63, 3.8) is 0 Å². The van der Waals surface area contributed by atoms with E-state index in [4.69, 9.17) is 9.72 Å². The Morgan fingerprint density at radius 3 is 2.42 bits per heavy atom. The molecule has 0 bridgehead atoms. The molecule has 1 aromatic heterocycles. The number of hydrogen-bond acceptors (Lipinski definition) is 3. The zero-order valence-electron chi connectivity index (χ0n) is 16.3. The molecule has 0 spiro atoms. The molecule has 3 rings (SSSR count). The Balaban J connectivity index is 1.92. The molecule has 4 heteroatoms. The van der Waals surface area contributed by atoms with Crippen molar-refractivity contribution in [2.24, 2.45) is 0 Å². The minimum Gasteiger partial charge on any atom is -0.497 e. The Labute approximate surface area is 156 Å². The quantitative estimate of drug-likeness (QED) is 0.607. The second-order valence-electron chi connectivity index (χ2n) is 6.72. The molecule has 0 atom stereocenters. The summed E-state index contributed by atoms with van der Waals surface area (Å²) in [7, 11) is 1.70. The number of nitrogens with zero attached hydrogens (tertiary/aromatic N) is 3. The first-order valence-corrected chi connectivity index (χ1v) is 9.45. The summed E-state index contributed by atoms with van der Waals surface area (Å²) in [6, 6.07) is 14.8. The molecule has 0 aliphatic heterocycles. The van der Waals surface area contributed by atoms with Crippen molar-refractivity contribution in [2.75, 3.05) is 26.7 Å². The van der Waals surface area contributed by atoms with Gasteiger partial charge in [0.1, 0.15) is 11.6 Å². The first-order valence-electron chi connectivity index (χ1n) is 9.45. The number of imidazole rings is 1. The van der Waals surface area contributed by atoms with E-state index in [0.29, 0.717) is 0 Å². The molecule has 0 N–H and O–H groups in total. The highest BCUT2D eigenvalue weighted by Crippen LogP contribution is 2.21. The van der Waals surface area contributed by atoms with Crippen molar-refractivity contribution in [3.05, 3.63) is 59.4 Å². The number of hydrogen-bond donors (Lipinski definition) is 0. The van der Waals surface area contributed by atoms with Crippen LogP contribution < -0.4 is 4.74 Å². The van der Waals surface area contributed by atoms with E-state index >= 15 is 0 Å². The van der Waals surface area contributed by atoms with E-state index in [9.17, 15) is 0 Å². The van der Waals surface area contributed by atoms with Gasteiger partial charge in [-0.3, -0.25) is 0 Å². The second-order valence-corrected chi connectivity index (χ2v) is 6.72. The minimum absolute atomic E-state index is 0.829. The number of rotatable bonds is 8. The third kappa shape index (κ3) is 4.07. The first kappa shape index (κ1) is 18.5. The van der Waals surface area contributed by atoms with Crippen LogP contribution in [0.5, 0.6) is 5.75 Å². The van der Waals surface area contributed by atoms with Gasteiger partial charge in [-0.25, -0.2) is 4.98 Å². The SMILES string of the molecule is CCN(CC)CCn1c(Cc2ccc(OC)cc2)nc2cc(C)ccc21. The smallest absolute Gasteiger partial charge is 0.118 e. The lowest BCUT2D eigenvalue weighted by Gasteiger charge is -2.19. The minimum atomic E-state index is 0.829. The van der Waals surface area contributed by atoms with E-state index in [-0.39, 0.29) is 0 Å². The van der Waals surface area contributed by atoms with Gasteiger partial charge in [0.25, 0.3) is 0 Å². The molecule has 0 aliphatic rings. The fourth-order valence-electron chi connectivity index (χ4n) is 3.38. The van der Waals surface area contributed by atoms with Crippen LogP contribution in [0.1, 0.15) is 30.8 Å². The summed E-state index contributed by atoms with van der Waals surface area (Å²) < 4.78 is 7.65. The second kappa shape index (κ2) is 8.37. The fourth-order valence-corrected chi connectivity index (χ4v) is 3.38. The van der Waals surface area contributed by atoms with Crippen molar-refractivity contribution in [1.29, 1.82) is 0 Å². The van der Waals surface area contributed by atoms with Crippen molar-refractivity contribution in [2.45, 2.75) is 33.7 Å². The summed E-state index contributed by atoms with van der Waals surface area (Å²) in [5.41, 5.74) is 4.82. The summed E-state index contributed by atoms with van der Waals surface area (Å²) in [5.74, 6) is 2.02. The molecular formula is C22H29N3O. The molecule has 3 aromatic rings. The van der Waals surface area contributed by atoms with Crippen LogP contribution >= 0.6 is 0 Å². The molecule has 0 fully saturated rings. The zero-order valence-corrected chi connectivity index (χ0v) is 16.3. The highest BCUT2D eigenvalue weighted by molar-refractivity contribution is 5.77. The van der Waals surface area contributed by atoms with Crippen LogP contribution in [-0.2, 0) is 13.0 Å². The van der Waals surface area contributed by atoms with E-state index in [1.54, 1.807) is 7.11 Å². The van der Waals surface area contributed by atoms with E-state index in [1.165, 1.54) is 16.6 Å². The molecule has 0 saturated carbocycles. The number of ether oxygens (including phenoxy) is 1. The molecule has 0 aliphatic carbocycles. The topological polar surface area (TPSA) is 30.3 Å². The van der Waals surface area contributed by atoms with Crippen molar-refractivity contribution < 1.29 is 4.74 Å². The molecule has 0 radical (unpaired) electrons. The molecule has 1 heterocycles. The molecule has 0 amide bonds.